The standard InChI is InChI=1S/C34H36N4O2/c1-36-32-26(13-24(16-30(32)40-2)34(39)38-18-25-12-23-15-28(38)31(23)25)35-33(36)29-14-22-11-20(6-5-19-3-4-19)9-10-27(22)37(29)17-21-7-8-21/h5-6,9-11,13-14,16,19,21,23,25,28,31H,3-4,7-8,12,15,17-18H2,1-2H3/b6-5+/t23?,25-,28?,31+/m1/s1. The number of amides is 1. The van der Waals surface area contributed by atoms with E-state index in [1.54, 1.807) is 7.11 Å². The molecule has 3 heterocycles. The van der Waals surface area contributed by atoms with Gasteiger partial charge in [-0.3, -0.25) is 4.79 Å². The van der Waals surface area contributed by atoms with Crippen LogP contribution >= 0.6 is 0 Å². The molecule has 2 aromatic heterocycles. The maximum atomic E-state index is 13.7. The van der Waals surface area contributed by atoms with Gasteiger partial charge in [0.15, 0.2) is 5.82 Å². The van der Waals surface area contributed by atoms with E-state index in [-0.39, 0.29) is 5.91 Å². The molecule has 1 amide bonds. The molecule has 4 saturated carbocycles. The van der Waals surface area contributed by atoms with Crippen molar-refractivity contribution in [2.24, 2.45) is 36.6 Å². The van der Waals surface area contributed by atoms with Crippen LogP contribution in [0.4, 0.5) is 0 Å². The second-order valence-electron chi connectivity index (χ2n) is 13.2. The highest BCUT2D eigenvalue weighted by molar-refractivity contribution is 6.00. The van der Waals surface area contributed by atoms with Crippen molar-refractivity contribution in [3.05, 3.63) is 53.6 Å². The number of carbonyl (C=O) groups excluding carboxylic acids is 1. The number of ether oxygens (including phenoxy) is 1. The first-order valence-corrected chi connectivity index (χ1v) is 15.2. The molecule has 0 radical (unpaired) electrons. The number of fused-ring (bicyclic) bond motifs is 2. The molecule has 5 fully saturated rings. The van der Waals surface area contributed by atoms with Gasteiger partial charge >= 0.3 is 0 Å². The fourth-order valence-corrected chi connectivity index (χ4v) is 8.05. The van der Waals surface area contributed by atoms with Gasteiger partial charge in [0.25, 0.3) is 5.91 Å². The van der Waals surface area contributed by atoms with E-state index < -0.39 is 0 Å². The molecule has 4 atom stereocenters. The van der Waals surface area contributed by atoms with E-state index >= 15 is 0 Å². The normalized spacial score (nSPS) is 26.9. The Hall–Kier alpha value is -3.54. The molecule has 0 spiro atoms. The lowest BCUT2D eigenvalue weighted by Crippen LogP contribution is -2.53. The monoisotopic (exact) mass is 532 g/mol. The Labute approximate surface area is 234 Å². The van der Waals surface area contributed by atoms with Crippen LogP contribution in [0.1, 0.15) is 54.4 Å². The largest absolute Gasteiger partial charge is 0.494 e. The molecule has 40 heavy (non-hydrogen) atoms. The molecule has 9 rings (SSSR count). The number of nitrogens with zero attached hydrogens (tertiary/aromatic N) is 4. The van der Waals surface area contributed by atoms with Gasteiger partial charge in [-0.05, 0) is 104 Å². The second-order valence-corrected chi connectivity index (χ2v) is 13.2. The van der Waals surface area contributed by atoms with Crippen molar-refractivity contribution < 1.29 is 9.53 Å². The van der Waals surface area contributed by atoms with E-state index in [9.17, 15) is 4.79 Å². The average molecular weight is 533 g/mol. The molecule has 0 N–H and O–H groups in total. The fourth-order valence-electron chi connectivity index (χ4n) is 8.05. The van der Waals surface area contributed by atoms with Crippen molar-refractivity contribution in [3.8, 4) is 17.3 Å². The summed E-state index contributed by atoms with van der Waals surface area (Å²) in [5, 5.41) is 1.26. The lowest BCUT2D eigenvalue weighted by molar-refractivity contribution is -0.0204. The number of likely N-dealkylation sites (tertiary alicyclic amines) is 1. The van der Waals surface area contributed by atoms with Gasteiger partial charge in [0.05, 0.1) is 18.3 Å². The molecule has 2 unspecified atom stereocenters. The summed E-state index contributed by atoms with van der Waals surface area (Å²) in [7, 11) is 3.77. The minimum absolute atomic E-state index is 0.139. The van der Waals surface area contributed by atoms with Crippen LogP contribution in [-0.4, -0.2) is 44.6 Å². The average Bonchev–Trinajstić information content (AvgIpc) is 3.87. The van der Waals surface area contributed by atoms with Crippen molar-refractivity contribution >= 4 is 33.9 Å². The number of benzene rings is 2. The topological polar surface area (TPSA) is 52.3 Å². The number of hydrogen-bond acceptors (Lipinski definition) is 3. The third kappa shape index (κ3) is 3.40. The molecular weight excluding hydrogens is 496 g/mol. The number of imidazole rings is 1. The highest BCUT2D eigenvalue weighted by Gasteiger charge is 2.61. The van der Waals surface area contributed by atoms with Gasteiger partial charge in [0, 0.05) is 42.6 Å². The molecule has 6 nitrogen and oxygen atoms in total. The van der Waals surface area contributed by atoms with E-state index in [1.165, 1.54) is 55.0 Å². The zero-order valence-electron chi connectivity index (χ0n) is 23.3. The predicted octanol–water partition coefficient (Wildman–Crippen LogP) is 6.52. The van der Waals surface area contributed by atoms with Crippen molar-refractivity contribution in [1.82, 2.24) is 19.0 Å². The maximum absolute atomic E-state index is 13.7. The quantitative estimate of drug-likeness (QED) is 0.272. The van der Waals surface area contributed by atoms with Gasteiger partial charge in [0.2, 0.25) is 0 Å². The van der Waals surface area contributed by atoms with Crippen LogP contribution in [0.25, 0.3) is 39.5 Å². The van der Waals surface area contributed by atoms with E-state index in [0.717, 1.165) is 65.2 Å². The Balaban J connectivity index is 1.14. The lowest BCUT2D eigenvalue weighted by Gasteiger charge is -2.52. The third-order valence-electron chi connectivity index (χ3n) is 10.7. The molecule has 5 aliphatic rings. The molecule has 2 aromatic carbocycles. The molecule has 0 bridgehead atoms. The number of methoxy groups -OCH3 is 1. The minimum atomic E-state index is 0.139. The Bertz CT molecular complexity index is 1740. The number of aromatic nitrogens is 3. The van der Waals surface area contributed by atoms with Gasteiger partial charge in [-0.25, -0.2) is 4.98 Å². The molecule has 1 saturated heterocycles. The molecular formula is C34H36N4O2. The van der Waals surface area contributed by atoms with Crippen molar-refractivity contribution in [2.75, 3.05) is 13.7 Å². The number of rotatable bonds is 7. The first-order chi connectivity index (χ1) is 19.6. The Kier molecular flexibility index (Phi) is 4.78. The van der Waals surface area contributed by atoms with Gasteiger partial charge in [-0.15, -0.1) is 0 Å². The predicted molar refractivity (Wildman–Crippen MR) is 157 cm³/mol. The third-order valence-corrected chi connectivity index (χ3v) is 10.7. The molecule has 4 aromatic rings. The van der Waals surface area contributed by atoms with Crippen LogP contribution in [0.5, 0.6) is 5.75 Å². The molecule has 204 valence electrons. The number of allylic oxidation sites excluding steroid dienone is 1. The zero-order valence-corrected chi connectivity index (χ0v) is 23.3. The summed E-state index contributed by atoms with van der Waals surface area (Å²) >= 11 is 0. The maximum Gasteiger partial charge on any atom is 0.254 e. The van der Waals surface area contributed by atoms with Crippen molar-refractivity contribution in [1.29, 1.82) is 0 Å². The fraction of sp³-hybridized carbons (Fsp3) is 0.471. The summed E-state index contributed by atoms with van der Waals surface area (Å²) in [6, 6.07) is 13.5. The van der Waals surface area contributed by atoms with E-state index in [0.29, 0.717) is 17.4 Å². The first kappa shape index (κ1) is 23.2. The van der Waals surface area contributed by atoms with Gasteiger partial charge in [0.1, 0.15) is 11.3 Å². The summed E-state index contributed by atoms with van der Waals surface area (Å²) in [5.41, 5.74) is 6.13. The van der Waals surface area contributed by atoms with Crippen LogP contribution in [0.15, 0.2) is 42.5 Å². The van der Waals surface area contributed by atoms with Gasteiger partial charge < -0.3 is 18.8 Å². The van der Waals surface area contributed by atoms with E-state index in [4.69, 9.17) is 9.72 Å². The van der Waals surface area contributed by atoms with E-state index in [1.807, 2.05) is 12.1 Å². The summed E-state index contributed by atoms with van der Waals surface area (Å²) in [6.07, 6.45) is 12.4. The summed E-state index contributed by atoms with van der Waals surface area (Å²) < 4.78 is 10.5. The van der Waals surface area contributed by atoms with Crippen LogP contribution < -0.4 is 4.74 Å². The summed E-state index contributed by atoms with van der Waals surface area (Å²) in [5.74, 6) is 5.63. The SMILES string of the molecule is COc1cc(C(=O)N2C[C@H]3CC4CC2[C@@H]43)cc2nc(-c3cc4cc(/C=C/C5CC5)ccc4n3CC3CC3)n(C)c12. The molecule has 4 aliphatic carbocycles. The van der Waals surface area contributed by atoms with Crippen molar-refractivity contribution in [2.45, 2.75) is 51.1 Å². The van der Waals surface area contributed by atoms with Crippen LogP contribution in [-0.2, 0) is 13.6 Å². The smallest absolute Gasteiger partial charge is 0.254 e. The van der Waals surface area contributed by atoms with Crippen LogP contribution in [0.3, 0.4) is 0 Å². The number of aryl methyl sites for hydroxylation is 1. The van der Waals surface area contributed by atoms with Gasteiger partial charge in [-0.2, -0.15) is 0 Å². The van der Waals surface area contributed by atoms with Gasteiger partial charge in [-0.1, -0.05) is 18.2 Å². The highest BCUT2D eigenvalue weighted by Crippen LogP contribution is 2.60. The van der Waals surface area contributed by atoms with Crippen molar-refractivity contribution in [3.63, 3.8) is 0 Å². The molecule has 6 heteroatoms. The Morgan fingerprint density at radius 3 is 2.70 bits per heavy atom. The molecule has 1 aliphatic heterocycles. The second kappa shape index (κ2) is 8.25. The Morgan fingerprint density at radius 2 is 1.95 bits per heavy atom. The Morgan fingerprint density at radius 1 is 1.07 bits per heavy atom. The van der Waals surface area contributed by atoms with Crippen LogP contribution in [0, 0.1) is 29.6 Å². The number of hydrogen-bond donors (Lipinski definition) is 0. The lowest BCUT2D eigenvalue weighted by atomic mass is 9.53. The van der Waals surface area contributed by atoms with E-state index in [2.05, 4.69) is 57.5 Å². The highest BCUT2D eigenvalue weighted by atomic mass is 16.5. The number of carbonyl (C=O) groups is 1. The first-order valence-electron chi connectivity index (χ1n) is 15.2. The summed E-state index contributed by atoms with van der Waals surface area (Å²) in [6.45, 7) is 1.93. The summed E-state index contributed by atoms with van der Waals surface area (Å²) in [4.78, 5) is 21.1. The minimum Gasteiger partial charge on any atom is -0.494 e. The van der Waals surface area contributed by atoms with Crippen LogP contribution in [0.2, 0.25) is 0 Å². The zero-order chi connectivity index (χ0) is 26.7.